The van der Waals surface area contributed by atoms with Crippen molar-refractivity contribution in [1.29, 1.82) is 0 Å². The summed E-state index contributed by atoms with van der Waals surface area (Å²) in [6, 6.07) is 2.61. The first-order chi connectivity index (χ1) is 9.09. The Labute approximate surface area is 111 Å². The van der Waals surface area contributed by atoms with Crippen LogP contribution < -0.4 is 5.32 Å². The molecule has 2 heterocycles. The highest BCUT2D eigenvalue weighted by Gasteiger charge is 2.47. The molecule has 1 aromatic heterocycles. The molecule has 1 saturated heterocycles. The molecule has 5 heteroatoms. The molecule has 0 aromatic carbocycles. The molecule has 1 saturated carbocycles. The lowest BCUT2D eigenvalue weighted by Crippen LogP contribution is -2.63. The number of hydrogen-bond donors (Lipinski definition) is 1. The smallest absolute Gasteiger partial charge is 0.246 e. The van der Waals surface area contributed by atoms with E-state index in [2.05, 4.69) is 5.32 Å². The van der Waals surface area contributed by atoms with Gasteiger partial charge in [0.2, 0.25) is 11.8 Å². The maximum absolute atomic E-state index is 12.6. The van der Waals surface area contributed by atoms with Crippen LogP contribution in [0, 0.1) is 5.92 Å². The average Bonchev–Trinajstić information content (AvgIpc) is 3.07. The van der Waals surface area contributed by atoms with E-state index in [9.17, 15) is 9.59 Å². The van der Waals surface area contributed by atoms with Gasteiger partial charge in [-0.3, -0.25) is 9.59 Å². The lowest BCUT2D eigenvalue weighted by atomic mass is 10.0. The molecular formula is C14H18N2O3. The van der Waals surface area contributed by atoms with Gasteiger partial charge in [-0.1, -0.05) is 0 Å². The van der Waals surface area contributed by atoms with Gasteiger partial charge >= 0.3 is 0 Å². The number of nitrogens with zero attached hydrogens (tertiary/aromatic N) is 1. The van der Waals surface area contributed by atoms with Crippen molar-refractivity contribution in [2.75, 3.05) is 0 Å². The van der Waals surface area contributed by atoms with Crippen molar-refractivity contribution in [2.24, 2.45) is 5.92 Å². The Kier molecular flexibility index (Phi) is 2.84. The van der Waals surface area contributed by atoms with Crippen molar-refractivity contribution >= 4 is 11.8 Å². The topological polar surface area (TPSA) is 62.6 Å². The fourth-order valence-electron chi connectivity index (χ4n) is 2.75. The zero-order valence-corrected chi connectivity index (χ0v) is 11.1. The summed E-state index contributed by atoms with van der Waals surface area (Å²) in [5, 5.41) is 2.85. The normalized spacial score (nSPS) is 29.3. The van der Waals surface area contributed by atoms with E-state index in [1.54, 1.807) is 24.2 Å². The first-order valence-electron chi connectivity index (χ1n) is 6.75. The van der Waals surface area contributed by atoms with Gasteiger partial charge in [0.25, 0.3) is 0 Å². The molecular weight excluding hydrogens is 244 g/mol. The van der Waals surface area contributed by atoms with Crippen LogP contribution in [-0.2, 0) is 9.59 Å². The van der Waals surface area contributed by atoms with Crippen LogP contribution in [0.5, 0.6) is 0 Å². The number of rotatable bonds is 3. The van der Waals surface area contributed by atoms with Crippen molar-refractivity contribution in [3.8, 4) is 0 Å². The van der Waals surface area contributed by atoms with Crippen molar-refractivity contribution in [2.45, 2.75) is 44.8 Å². The van der Waals surface area contributed by atoms with Crippen molar-refractivity contribution in [1.82, 2.24) is 10.2 Å². The quantitative estimate of drug-likeness (QED) is 0.897. The Morgan fingerprint density at radius 1 is 1.42 bits per heavy atom. The Morgan fingerprint density at radius 3 is 2.74 bits per heavy atom. The summed E-state index contributed by atoms with van der Waals surface area (Å²) in [6.45, 7) is 3.66. The third kappa shape index (κ3) is 2.03. The van der Waals surface area contributed by atoms with E-state index < -0.39 is 6.04 Å². The molecule has 0 radical (unpaired) electrons. The first-order valence-corrected chi connectivity index (χ1v) is 6.75. The largest absolute Gasteiger partial charge is 0.467 e. The number of hydrogen-bond acceptors (Lipinski definition) is 3. The summed E-state index contributed by atoms with van der Waals surface area (Å²) in [5.41, 5.74) is 0. The summed E-state index contributed by atoms with van der Waals surface area (Å²) in [5.74, 6) is 0.966. The minimum absolute atomic E-state index is 0.0125. The van der Waals surface area contributed by atoms with Crippen molar-refractivity contribution < 1.29 is 14.0 Å². The minimum Gasteiger partial charge on any atom is -0.467 e. The predicted molar refractivity (Wildman–Crippen MR) is 68.1 cm³/mol. The van der Waals surface area contributed by atoms with Crippen LogP contribution in [0.25, 0.3) is 0 Å². The second kappa shape index (κ2) is 4.40. The number of nitrogens with one attached hydrogen (secondary N) is 1. The number of carbonyl (C=O) groups excluding carboxylic acids is 2. The molecule has 1 aliphatic carbocycles. The minimum atomic E-state index is -0.456. The Morgan fingerprint density at radius 2 is 2.16 bits per heavy atom. The predicted octanol–water partition coefficient (Wildman–Crippen LogP) is 1.47. The summed E-state index contributed by atoms with van der Waals surface area (Å²) < 4.78 is 5.37. The molecule has 2 fully saturated rings. The summed E-state index contributed by atoms with van der Waals surface area (Å²) >= 11 is 0. The highest BCUT2D eigenvalue weighted by Crippen LogP contribution is 2.37. The number of furan rings is 1. The SMILES string of the molecule is CC1C(=O)NC(C2CC2)C(=O)N1C(C)c1ccco1. The van der Waals surface area contributed by atoms with Gasteiger partial charge in [0.05, 0.1) is 12.3 Å². The molecule has 0 bridgehead atoms. The van der Waals surface area contributed by atoms with Crippen LogP contribution in [0.1, 0.15) is 38.5 Å². The number of amides is 2. The van der Waals surface area contributed by atoms with Gasteiger partial charge in [0.1, 0.15) is 17.8 Å². The molecule has 5 nitrogen and oxygen atoms in total. The van der Waals surface area contributed by atoms with Crippen LogP contribution in [0.2, 0.25) is 0 Å². The van der Waals surface area contributed by atoms with Crippen molar-refractivity contribution in [3.05, 3.63) is 24.2 Å². The zero-order chi connectivity index (χ0) is 13.6. The van der Waals surface area contributed by atoms with Crippen LogP contribution in [0.15, 0.2) is 22.8 Å². The van der Waals surface area contributed by atoms with Gasteiger partial charge < -0.3 is 14.6 Å². The van der Waals surface area contributed by atoms with E-state index in [1.165, 1.54) is 0 Å². The standard InChI is InChI=1S/C14H18N2O3/c1-8(11-4-3-7-19-11)16-9(2)13(17)15-12(14(16)18)10-5-6-10/h3-4,7-10,12H,5-6H2,1-2H3,(H,15,17). The van der Waals surface area contributed by atoms with Crippen molar-refractivity contribution in [3.63, 3.8) is 0 Å². The van der Waals surface area contributed by atoms with Gasteiger partial charge in [-0.2, -0.15) is 0 Å². The van der Waals surface area contributed by atoms with Gasteiger partial charge in [0, 0.05) is 0 Å². The molecule has 19 heavy (non-hydrogen) atoms. The molecule has 1 aliphatic heterocycles. The lowest BCUT2D eigenvalue weighted by Gasteiger charge is -2.40. The van der Waals surface area contributed by atoms with Crippen LogP contribution in [-0.4, -0.2) is 28.8 Å². The fraction of sp³-hybridized carbons (Fsp3) is 0.571. The van der Waals surface area contributed by atoms with E-state index in [4.69, 9.17) is 4.42 Å². The highest BCUT2D eigenvalue weighted by atomic mass is 16.3. The Bertz CT molecular complexity index is 493. The summed E-state index contributed by atoms with van der Waals surface area (Å²) in [4.78, 5) is 26.3. The van der Waals surface area contributed by atoms with E-state index in [0.29, 0.717) is 11.7 Å². The average molecular weight is 262 g/mol. The molecule has 2 amide bonds. The van der Waals surface area contributed by atoms with Crippen LogP contribution in [0.4, 0.5) is 0 Å². The number of carbonyl (C=O) groups is 2. The van der Waals surface area contributed by atoms with Gasteiger partial charge in [-0.25, -0.2) is 0 Å². The van der Waals surface area contributed by atoms with E-state index in [0.717, 1.165) is 12.8 Å². The maximum Gasteiger partial charge on any atom is 0.246 e. The Balaban J connectivity index is 1.88. The Hall–Kier alpha value is -1.78. The third-order valence-corrected chi connectivity index (χ3v) is 4.08. The van der Waals surface area contributed by atoms with Gasteiger partial charge in [-0.05, 0) is 44.7 Å². The molecule has 3 unspecified atom stereocenters. The van der Waals surface area contributed by atoms with E-state index in [-0.39, 0.29) is 23.9 Å². The van der Waals surface area contributed by atoms with E-state index in [1.807, 2.05) is 13.0 Å². The maximum atomic E-state index is 12.6. The second-order valence-electron chi connectivity index (χ2n) is 5.44. The third-order valence-electron chi connectivity index (χ3n) is 4.08. The second-order valence-corrected chi connectivity index (χ2v) is 5.44. The summed E-state index contributed by atoms with van der Waals surface area (Å²) in [6.07, 6.45) is 3.63. The van der Waals surface area contributed by atoms with Crippen LogP contribution in [0.3, 0.4) is 0 Å². The van der Waals surface area contributed by atoms with E-state index >= 15 is 0 Å². The number of piperazine rings is 1. The first kappa shape index (κ1) is 12.3. The zero-order valence-electron chi connectivity index (χ0n) is 11.1. The fourth-order valence-corrected chi connectivity index (χ4v) is 2.75. The molecule has 102 valence electrons. The molecule has 1 aromatic rings. The molecule has 1 N–H and O–H groups in total. The van der Waals surface area contributed by atoms with Gasteiger partial charge in [0.15, 0.2) is 0 Å². The molecule has 3 rings (SSSR count). The van der Waals surface area contributed by atoms with Crippen LogP contribution >= 0.6 is 0 Å². The summed E-state index contributed by atoms with van der Waals surface area (Å²) in [7, 11) is 0. The highest BCUT2D eigenvalue weighted by molar-refractivity contribution is 5.97. The lowest BCUT2D eigenvalue weighted by molar-refractivity contribution is -0.152. The molecule has 2 aliphatic rings. The van der Waals surface area contributed by atoms with Gasteiger partial charge in [-0.15, -0.1) is 0 Å². The molecule has 0 spiro atoms. The monoisotopic (exact) mass is 262 g/mol. The molecule has 3 atom stereocenters.